The summed E-state index contributed by atoms with van der Waals surface area (Å²) in [4.78, 5) is 17.8. The minimum absolute atomic E-state index is 0.0214. The normalized spacial score (nSPS) is 25.8. The molecule has 0 spiro atoms. The van der Waals surface area contributed by atoms with Crippen LogP contribution in [0.15, 0.2) is 35.1 Å². The van der Waals surface area contributed by atoms with E-state index in [4.69, 9.17) is 0 Å². The molecular weight excluding hydrogens is 262 g/mol. The quantitative estimate of drug-likeness (QED) is 0.888. The standard InChI is InChI=1S/C17H21N3O/c21-17-13-6-2-1-5-12(13)11-16(19-17)20-10-4-8-15(20)14-7-3-9-18-14/h1-2,5-6,11,14-15,18H,3-4,7-10H2,(H,19,21). The van der Waals surface area contributed by atoms with Crippen LogP contribution in [0.25, 0.3) is 10.8 Å². The van der Waals surface area contributed by atoms with Gasteiger partial charge in [-0.15, -0.1) is 0 Å². The molecule has 4 nitrogen and oxygen atoms in total. The summed E-state index contributed by atoms with van der Waals surface area (Å²) in [7, 11) is 0. The number of hydrogen-bond donors (Lipinski definition) is 2. The summed E-state index contributed by atoms with van der Waals surface area (Å²) in [5.41, 5.74) is 0.0214. The third-order valence-corrected chi connectivity index (χ3v) is 4.91. The van der Waals surface area contributed by atoms with Gasteiger partial charge in [-0.05, 0) is 49.7 Å². The van der Waals surface area contributed by atoms with Gasteiger partial charge in [-0.2, -0.15) is 0 Å². The topological polar surface area (TPSA) is 48.1 Å². The van der Waals surface area contributed by atoms with E-state index in [2.05, 4.69) is 21.3 Å². The fourth-order valence-electron chi connectivity index (χ4n) is 3.90. The first-order valence-corrected chi connectivity index (χ1v) is 7.95. The van der Waals surface area contributed by atoms with Crippen LogP contribution in [-0.2, 0) is 0 Å². The summed E-state index contributed by atoms with van der Waals surface area (Å²) in [5, 5.41) is 5.42. The number of benzene rings is 1. The van der Waals surface area contributed by atoms with Crippen molar-refractivity contribution >= 4 is 16.6 Å². The van der Waals surface area contributed by atoms with E-state index in [-0.39, 0.29) is 5.56 Å². The molecule has 2 N–H and O–H groups in total. The van der Waals surface area contributed by atoms with Crippen LogP contribution in [0.4, 0.5) is 5.82 Å². The zero-order valence-electron chi connectivity index (χ0n) is 12.1. The summed E-state index contributed by atoms with van der Waals surface area (Å²) in [6, 6.07) is 11.0. The molecule has 2 unspecified atom stereocenters. The van der Waals surface area contributed by atoms with E-state index >= 15 is 0 Å². The summed E-state index contributed by atoms with van der Waals surface area (Å²) >= 11 is 0. The van der Waals surface area contributed by atoms with Crippen LogP contribution in [0.1, 0.15) is 25.7 Å². The number of anilines is 1. The zero-order chi connectivity index (χ0) is 14.2. The lowest BCUT2D eigenvalue weighted by atomic mass is 10.0. The Morgan fingerprint density at radius 2 is 2.05 bits per heavy atom. The largest absolute Gasteiger partial charge is 0.354 e. The zero-order valence-corrected chi connectivity index (χ0v) is 12.1. The van der Waals surface area contributed by atoms with E-state index in [1.807, 2.05) is 24.3 Å². The maximum absolute atomic E-state index is 12.3. The van der Waals surface area contributed by atoms with E-state index in [1.54, 1.807) is 0 Å². The van der Waals surface area contributed by atoms with Gasteiger partial charge in [0.15, 0.2) is 0 Å². The van der Waals surface area contributed by atoms with Crippen molar-refractivity contribution in [2.24, 2.45) is 0 Å². The Kier molecular flexibility index (Phi) is 3.19. The third kappa shape index (κ3) is 2.23. The first kappa shape index (κ1) is 12.9. The Labute approximate surface area is 124 Å². The smallest absolute Gasteiger partial charge is 0.257 e. The van der Waals surface area contributed by atoms with Crippen molar-refractivity contribution in [3.63, 3.8) is 0 Å². The molecule has 2 aromatic rings. The van der Waals surface area contributed by atoms with Crippen LogP contribution in [0.5, 0.6) is 0 Å². The number of hydrogen-bond acceptors (Lipinski definition) is 3. The van der Waals surface area contributed by atoms with Crippen molar-refractivity contribution in [2.75, 3.05) is 18.0 Å². The highest BCUT2D eigenvalue weighted by molar-refractivity contribution is 5.83. The summed E-state index contributed by atoms with van der Waals surface area (Å²) in [5.74, 6) is 0.981. The second-order valence-corrected chi connectivity index (χ2v) is 6.18. The van der Waals surface area contributed by atoms with Gasteiger partial charge in [-0.1, -0.05) is 18.2 Å². The van der Waals surface area contributed by atoms with E-state index < -0.39 is 0 Å². The van der Waals surface area contributed by atoms with Crippen LogP contribution >= 0.6 is 0 Å². The first-order valence-electron chi connectivity index (χ1n) is 7.95. The Balaban J connectivity index is 1.73. The fraction of sp³-hybridized carbons (Fsp3) is 0.471. The number of nitrogens with one attached hydrogen (secondary N) is 2. The maximum atomic E-state index is 12.3. The average molecular weight is 283 g/mol. The number of aromatic amines is 1. The van der Waals surface area contributed by atoms with Crippen LogP contribution in [0.2, 0.25) is 0 Å². The van der Waals surface area contributed by atoms with Gasteiger partial charge < -0.3 is 15.2 Å². The van der Waals surface area contributed by atoms with E-state index in [9.17, 15) is 4.79 Å². The Bertz CT molecular complexity index is 702. The lowest BCUT2D eigenvalue weighted by Crippen LogP contribution is -2.44. The number of fused-ring (bicyclic) bond motifs is 1. The second-order valence-electron chi connectivity index (χ2n) is 6.18. The van der Waals surface area contributed by atoms with Crippen molar-refractivity contribution in [3.8, 4) is 0 Å². The van der Waals surface area contributed by atoms with Gasteiger partial charge in [-0.25, -0.2) is 0 Å². The summed E-state index contributed by atoms with van der Waals surface area (Å²) in [6.07, 6.45) is 4.94. The highest BCUT2D eigenvalue weighted by Crippen LogP contribution is 2.29. The Hall–Kier alpha value is -1.81. The summed E-state index contributed by atoms with van der Waals surface area (Å²) in [6.45, 7) is 2.17. The molecule has 2 fully saturated rings. The van der Waals surface area contributed by atoms with Gasteiger partial charge in [0.1, 0.15) is 5.82 Å². The summed E-state index contributed by atoms with van der Waals surface area (Å²) < 4.78 is 0. The van der Waals surface area contributed by atoms with E-state index in [0.29, 0.717) is 12.1 Å². The molecule has 4 rings (SSSR count). The van der Waals surface area contributed by atoms with Gasteiger partial charge in [0.05, 0.1) is 0 Å². The molecule has 1 aromatic heterocycles. The number of aromatic nitrogens is 1. The lowest BCUT2D eigenvalue weighted by Gasteiger charge is -2.31. The molecule has 1 aromatic carbocycles. The number of pyridine rings is 1. The molecule has 2 aliphatic heterocycles. The van der Waals surface area contributed by atoms with Gasteiger partial charge in [0.25, 0.3) is 5.56 Å². The van der Waals surface area contributed by atoms with Crippen molar-refractivity contribution in [2.45, 2.75) is 37.8 Å². The monoisotopic (exact) mass is 283 g/mol. The van der Waals surface area contributed by atoms with Crippen LogP contribution in [0, 0.1) is 0 Å². The predicted molar refractivity (Wildman–Crippen MR) is 86.0 cm³/mol. The number of H-pyrrole nitrogens is 1. The molecule has 2 saturated heterocycles. The molecule has 0 bridgehead atoms. The minimum Gasteiger partial charge on any atom is -0.354 e. The van der Waals surface area contributed by atoms with Crippen molar-refractivity contribution in [3.05, 3.63) is 40.7 Å². The first-order chi connectivity index (χ1) is 10.3. The van der Waals surface area contributed by atoms with Gasteiger partial charge in [0.2, 0.25) is 0 Å². The van der Waals surface area contributed by atoms with Crippen molar-refractivity contribution in [1.29, 1.82) is 0 Å². The molecule has 110 valence electrons. The highest BCUT2D eigenvalue weighted by Gasteiger charge is 2.33. The molecule has 4 heteroatoms. The van der Waals surface area contributed by atoms with Gasteiger partial charge in [0, 0.05) is 24.0 Å². The van der Waals surface area contributed by atoms with Crippen molar-refractivity contribution < 1.29 is 0 Å². The highest BCUT2D eigenvalue weighted by atomic mass is 16.1. The average Bonchev–Trinajstić information content (AvgIpc) is 3.18. The van der Waals surface area contributed by atoms with E-state index in [1.165, 1.54) is 25.7 Å². The SMILES string of the molecule is O=c1[nH]c(N2CCCC2C2CCCN2)cc2ccccc12. The predicted octanol–water partition coefficient (Wildman–Crippen LogP) is 2.25. The van der Waals surface area contributed by atoms with Gasteiger partial charge in [-0.3, -0.25) is 4.79 Å². The van der Waals surface area contributed by atoms with E-state index in [0.717, 1.165) is 29.7 Å². The molecular formula is C17H21N3O. The van der Waals surface area contributed by atoms with Crippen LogP contribution in [-0.4, -0.2) is 30.2 Å². The molecule has 0 radical (unpaired) electrons. The lowest BCUT2D eigenvalue weighted by molar-refractivity contribution is 0.481. The molecule has 0 saturated carbocycles. The minimum atomic E-state index is 0.0214. The van der Waals surface area contributed by atoms with Crippen LogP contribution < -0.4 is 15.8 Å². The fourth-order valence-corrected chi connectivity index (χ4v) is 3.90. The number of rotatable bonds is 2. The Morgan fingerprint density at radius 3 is 2.90 bits per heavy atom. The van der Waals surface area contributed by atoms with Crippen molar-refractivity contribution in [1.82, 2.24) is 10.3 Å². The molecule has 0 aliphatic carbocycles. The van der Waals surface area contributed by atoms with Gasteiger partial charge >= 0.3 is 0 Å². The second kappa shape index (κ2) is 5.19. The molecule has 21 heavy (non-hydrogen) atoms. The molecule has 0 amide bonds. The van der Waals surface area contributed by atoms with Crippen LogP contribution in [0.3, 0.4) is 0 Å². The maximum Gasteiger partial charge on any atom is 0.257 e. The third-order valence-electron chi connectivity index (χ3n) is 4.91. The Morgan fingerprint density at radius 1 is 1.14 bits per heavy atom. The number of nitrogens with zero attached hydrogens (tertiary/aromatic N) is 1. The molecule has 2 aliphatic rings. The molecule has 2 atom stereocenters. The molecule has 3 heterocycles.